The Morgan fingerprint density at radius 3 is 2.67 bits per heavy atom. The maximum atomic E-state index is 14.1. The van der Waals surface area contributed by atoms with Crippen LogP contribution >= 0.6 is 15.9 Å². The molecule has 21 heavy (non-hydrogen) atoms. The van der Waals surface area contributed by atoms with E-state index in [1.165, 1.54) is 18.4 Å². The van der Waals surface area contributed by atoms with Crippen molar-refractivity contribution in [1.29, 1.82) is 0 Å². The van der Waals surface area contributed by atoms with E-state index in [-0.39, 0.29) is 11.7 Å². The second kappa shape index (κ2) is 6.71. The summed E-state index contributed by atoms with van der Waals surface area (Å²) in [6, 6.07) is 16.1. The zero-order chi connectivity index (χ0) is 14.7. The summed E-state index contributed by atoms with van der Waals surface area (Å²) < 4.78 is 15.2. The third-order valence-electron chi connectivity index (χ3n) is 3.95. The summed E-state index contributed by atoms with van der Waals surface area (Å²) in [7, 11) is 0. The molecule has 1 atom stereocenters. The van der Waals surface area contributed by atoms with Crippen LogP contribution in [0, 0.1) is 5.82 Å². The number of nitrogens with one attached hydrogen (secondary N) is 1. The standard InChI is InChI=1S/C18H19BrFN/c19-15-5-3-4-13(11-15)10-14(12-21-16-8-9-16)17-6-1-2-7-18(17)20/h1-7,11,14,16,21H,8-10,12H2. The van der Waals surface area contributed by atoms with Gasteiger partial charge in [0.2, 0.25) is 0 Å². The van der Waals surface area contributed by atoms with E-state index >= 15 is 0 Å². The molecule has 2 aromatic rings. The molecule has 1 unspecified atom stereocenters. The Balaban J connectivity index is 1.79. The van der Waals surface area contributed by atoms with Gasteiger partial charge in [0.05, 0.1) is 0 Å². The van der Waals surface area contributed by atoms with Crippen LogP contribution in [0.15, 0.2) is 53.0 Å². The van der Waals surface area contributed by atoms with E-state index in [4.69, 9.17) is 0 Å². The first-order valence-electron chi connectivity index (χ1n) is 7.44. The maximum absolute atomic E-state index is 14.1. The fourth-order valence-corrected chi connectivity index (χ4v) is 3.09. The van der Waals surface area contributed by atoms with Gasteiger partial charge in [-0.05, 0) is 48.6 Å². The molecule has 1 saturated carbocycles. The van der Waals surface area contributed by atoms with Crippen LogP contribution in [0.3, 0.4) is 0 Å². The Hall–Kier alpha value is -1.19. The molecule has 3 rings (SSSR count). The first-order valence-corrected chi connectivity index (χ1v) is 8.24. The van der Waals surface area contributed by atoms with Gasteiger partial charge in [0.25, 0.3) is 0 Å². The zero-order valence-electron chi connectivity index (χ0n) is 11.9. The summed E-state index contributed by atoms with van der Waals surface area (Å²) in [5, 5.41) is 3.54. The SMILES string of the molecule is Fc1ccccc1C(CNC1CC1)Cc1cccc(Br)c1. The van der Waals surface area contributed by atoms with Gasteiger partial charge < -0.3 is 5.32 Å². The van der Waals surface area contributed by atoms with E-state index in [1.54, 1.807) is 12.1 Å². The third kappa shape index (κ3) is 4.14. The van der Waals surface area contributed by atoms with Gasteiger partial charge in [-0.1, -0.05) is 46.3 Å². The van der Waals surface area contributed by atoms with Gasteiger partial charge in [-0.15, -0.1) is 0 Å². The summed E-state index contributed by atoms with van der Waals surface area (Å²) in [4.78, 5) is 0. The van der Waals surface area contributed by atoms with Crippen molar-refractivity contribution in [1.82, 2.24) is 5.32 Å². The van der Waals surface area contributed by atoms with Crippen LogP contribution in [0.25, 0.3) is 0 Å². The van der Waals surface area contributed by atoms with Crippen molar-refractivity contribution in [3.63, 3.8) is 0 Å². The molecule has 0 spiro atoms. The average Bonchev–Trinajstić information content (AvgIpc) is 3.28. The highest BCUT2D eigenvalue weighted by molar-refractivity contribution is 9.10. The number of hydrogen-bond acceptors (Lipinski definition) is 1. The summed E-state index contributed by atoms with van der Waals surface area (Å²) in [6.07, 6.45) is 3.35. The molecule has 1 aliphatic carbocycles. The van der Waals surface area contributed by atoms with Crippen LogP contribution in [-0.2, 0) is 6.42 Å². The lowest BCUT2D eigenvalue weighted by Gasteiger charge is -2.19. The van der Waals surface area contributed by atoms with Crippen LogP contribution in [0.5, 0.6) is 0 Å². The van der Waals surface area contributed by atoms with Crippen LogP contribution in [0.4, 0.5) is 4.39 Å². The molecule has 1 nitrogen and oxygen atoms in total. The summed E-state index contributed by atoms with van der Waals surface area (Å²) in [5.41, 5.74) is 2.04. The lowest BCUT2D eigenvalue weighted by atomic mass is 9.91. The second-order valence-corrected chi connectivity index (χ2v) is 6.65. The van der Waals surface area contributed by atoms with Crippen molar-refractivity contribution >= 4 is 15.9 Å². The number of halogens is 2. The predicted octanol–water partition coefficient (Wildman–Crippen LogP) is 4.67. The Bertz CT molecular complexity index is 610. The maximum Gasteiger partial charge on any atom is 0.126 e. The Labute approximate surface area is 133 Å². The van der Waals surface area contributed by atoms with Crippen LogP contribution < -0.4 is 5.32 Å². The van der Waals surface area contributed by atoms with Gasteiger partial charge in [-0.25, -0.2) is 4.39 Å². The monoisotopic (exact) mass is 347 g/mol. The molecule has 2 aromatic carbocycles. The van der Waals surface area contributed by atoms with E-state index < -0.39 is 0 Å². The highest BCUT2D eigenvalue weighted by Crippen LogP contribution is 2.26. The fraction of sp³-hybridized carbons (Fsp3) is 0.333. The van der Waals surface area contributed by atoms with Crippen LogP contribution in [-0.4, -0.2) is 12.6 Å². The highest BCUT2D eigenvalue weighted by Gasteiger charge is 2.23. The first-order chi connectivity index (χ1) is 10.2. The molecule has 0 amide bonds. The number of benzene rings is 2. The van der Waals surface area contributed by atoms with Crippen molar-refractivity contribution in [2.75, 3.05) is 6.54 Å². The van der Waals surface area contributed by atoms with Crippen molar-refractivity contribution in [2.45, 2.75) is 31.2 Å². The topological polar surface area (TPSA) is 12.0 Å². The lowest BCUT2D eigenvalue weighted by molar-refractivity contribution is 0.536. The molecular weight excluding hydrogens is 329 g/mol. The number of rotatable bonds is 6. The molecule has 0 radical (unpaired) electrons. The molecule has 1 fully saturated rings. The van der Waals surface area contributed by atoms with Gasteiger partial charge in [-0.3, -0.25) is 0 Å². The number of hydrogen-bond donors (Lipinski definition) is 1. The quantitative estimate of drug-likeness (QED) is 0.800. The summed E-state index contributed by atoms with van der Waals surface area (Å²) >= 11 is 3.51. The zero-order valence-corrected chi connectivity index (χ0v) is 13.4. The summed E-state index contributed by atoms with van der Waals surface area (Å²) in [5.74, 6) is 0.0659. The van der Waals surface area contributed by atoms with Crippen molar-refractivity contribution in [2.24, 2.45) is 0 Å². The van der Waals surface area contributed by atoms with Crippen molar-refractivity contribution in [3.05, 3.63) is 69.9 Å². The van der Waals surface area contributed by atoms with E-state index in [0.29, 0.717) is 6.04 Å². The van der Waals surface area contributed by atoms with Gasteiger partial charge in [0.15, 0.2) is 0 Å². The van der Waals surface area contributed by atoms with Crippen LogP contribution in [0.2, 0.25) is 0 Å². The molecule has 0 bridgehead atoms. The minimum Gasteiger partial charge on any atom is -0.313 e. The normalized spacial score (nSPS) is 15.9. The Morgan fingerprint density at radius 2 is 1.95 bits per heavy atom. The van der Waals surface area contributed by atoms with Crippen molar-refractivity contribution in [3.8, 4) is 0 Å². The molecule has 3 heteroatoms. The molecule has 0 aromatic heterocycles. The molecule has 1 aliphatic rings. The first kappa shape index (κ1) is 14.7. The lowest BCUT2D eigenvalue weighted by Crippen LogP contribution is -2.25. The Kier molecular flexibility index (Phi) is 4.71. The molecular formula is C18H19BrFN. The smallest absolute Gasteiger partial charge is 0.126 e. The van der Waals surface area contributed by atoms with Gasteiger partial charge in [0.1, 0.15) is 5.82 Å². The van der Waals surface area contributed by atoms with Crippen LogP contribution in [0.1, 0.15) is 29.9 Å². The highest BCUT2D eigenvalue weighted by atomic mass is 79.9. The molecule has 0 heterocycles. The van der Waals surface area contributed by atoms with E-state index in [0.717, 1.165) is 23.0 Å². The fourth-order valence-electron chi connectivity index (χ4n) is 2.64. The molecule has 0 aliphatic heterocycles. The van der Waals surface area contributed by atoms with E-state index in [2.05, 4.69) is 33.4 Å². The van der Waals surface area contributed by atoms with Crippen molar-refractivity contribution < 1.29 is 4.39 Å². The minimum atomic E-state index is -0.102. The summed E-state index contributed by atoms with van der Waals surface area (Å²) in [6.45, 7) is 0.831. The predicted molar refractivity (Wildman–Crippen MR) is 88.0 cm³/mol. The average molecular weight is 348 g/mol. The van der Waals surface area contributed by atoms with E-state index in [9.17, 15) is 4.39 Å². The molecule has 0 saturated heterocycles. The third-order valence-corrected chi connectivity index (χ3v) is 4.44. The van der Waals surface area contributed by atoms with Gasteiger partial charge >= 0.3 is 0 Å². The molecule has 1 N–H and O–H groups in total. The van der Waals surface area contributed by atoms with Gasteiger partial charge in [0, 0.05) is 23.0 Å². The largest absolute Gasteiger partial charge is 0.313 e. The molecule has 110 valence electrons. The Morgan fingerprint density at radius 1 is 1.14 bits per heavy atom. The van der Waals surface area contributed by atoms with Gasteiger partial charge in [-0.2, -0.15) is 0 Å². The minimum absolute atomic E-state index is 0.102. The van der Waals surface area contributed by atoms with E-state index in [1.807, 2.05) is 24.3 Å². The second-order valence-electron chi connectivity index (χ2n) is 5.74.